The Balaban J connectivity index is 1.59. The number of benzene rings is 4. The van der Waals surface area contributed by atoms with Gasteiger partial charge < -0.3 is 0 Å². The van der Waals surface area contributed by atoms with Crippen LogP contribution in [-0.4, -0.2) is 9.55 Å². The molecule has 0 unspecified atom stereocenters. The van der Waals surface area contributed by atoms with Crippen LogP contribution in [0.3, 0.4) is 0 Å². The smallest absolute Gasteiger partial charge is 0.241 e. The van der Waals surface area contributed by atoms with E-state index in [1.165, 1.54) is 79.8 Å². The highest BCUT2D eigenvalue weighted by molar-refractivity contribution is 7.19. The van der Waals surface area contributed by atoms with Gasteiger partial charge in [-0.15, -0.1) is 11.3 Å². The van der Waals surface area contributed by atoms with Crippen molar-refractivity contribution in [3.8, 4) is 17.1 Å². The highest BCUT2D eigenvalue weighted by Crippen LogP contribution is 2.42. The van der Waals surface area contributed by atoms with Gasteiger partial charge in [-0.3, -0.25) is 0 Å². The Labute approximate surface area is 209 Å². The van der Waals surface area contributed by atoms with Crippen LogP contribution in [0.4, 0.5) is 0 Å². The molecule has 0 aliphatic heterocycles. The lowest BCUT2D eigenvalue weighted by atomic mass is 10.1. The molecule has 1 saturated carbocycles. The van der Waals surface area contributed by atoms with Crippen molar-refractivity contribution in [2.45, 2.75) is 38.5 Å². The van der Waals surface area contributed by atoms with Gasteiger partial charge in [-0.1, -0.05) is 67.4 Å². The van der Waals surface area contributed by atoms with Crippen LogP contribution in [0.25, 0.3) is 49.1 Å². The van der Waals surface area contributed by atoms with Crippen molar-refractivity contribution in [3.63, 3.8) is 0 Å². The molecule has 1 aliphatic rings. The largest absolute Gasteiger partial charge is 0.296 e. The van der Waals surface area contributed by atoms with Crippen molar-refractivity contribution in [1.29, 1.82) is 0 Å². The summed E-state index contributed by atoms with van der Waals surface area (Å²) in [6.45, 7) is 2.24. The zero-order chi connectivity index (χ0) is 23.5. The fourth-order valence-corrected chi connectivity index (χ4v) is 7.30. The molecule has 0 spiro atoms. The fourth-order valence-electron chi connectivity index (χ4n) is 5.97. The molecule has 7 rings (SSSR count). The Morgan fingerprint density at radius 3 is 2.54 bits per heavy atom. The van der Waals surface area contributed by atoms with Gasteiger partial charge in [-0.25, -0.2) is 9.55 Å². The van der Waals surface area contributed by atoms with E-state index < -0.39 is 0 Å². The van der Waals surface area contributed by atoms with Gasteiger partial charge in [0.05, 0.1) is 27.8 Å². The molecule has 172 valence electrons. The maximum Gasteiger partial charge on any atom is 0.296 e. The minimum Gasteiger partial charge on any atom is -0.241 e. The first-order valence-corrected chi connectivity index (χ1v) is 13.4. The minimum atomic E-state index is 0.623. The van der Waals surface area contributed by atoms with Gasteiger partial charge in [0.15, 0.2) is 11.0 Å². The van der Waals surface area contributed by atoms with Gasteiger partial charge in [-0.2, -0.15) is 4.57 Å². The van der Waals surface area contributed by atoms with Gasteiger partial charge in [0.1, 0.15) is 5.69 Å². The molecule has 4 heteroatoms. The molecule has 0 saturated heterocycles. The monoisotopic (exact) mass is 474 g/mol. The first-order valence-electron chi connectivity index (χ1n) is 12.6. The summed E-state index contributed by atoms with van der Waals surface area (Å²) in [6, 6.07) is 28.5. The van der Waals surface area contributed by atoms with Crippen LogP contribution >= 0.6 is 11.3 Å². The van der Waals surface area contributed by atoms with E-state index in [2.05, 4.69) is 102 Å². The molecular formula is C31H28N3S+. The average Bonchev–Trinajstić information content (AvgIpc) is 3.63. The quantitative estimate of drug-likeness (QED) is 0.239. The van der Waals surface area contributed by atoms with Crippen LogP contribution in [-0.2, 0) is 7.05 Å². The number of aryl methyl sites for hydroxylation is 2. The molecule has 6 aromatic rings. The van der Waals surface area contributed by atoms with E-state index in [9.17, 15) is 0 Å². The molecule has 1 aliphatic carbocycles. The SMILES string of the molecule is Cc1ccc2nc(C3CCCC3)sc2c1-c1n(-c2cccc3ccccc23)c2ccccc2[n+]1C. The summed E-state index contributed by atoms with van der Waals surface area (Å²) in [5.41, 5.74) is 7.39. The lowest BCUT2D eigenvalue weighted by molar-refractivity contribution is -0.633. The summed E-state index contributed by atoms with van der Waals surface area (Å²) in [5.74, 6) is 1.84. The van der Waals surface area contributed by atoms with Crippen molar-refractivity contribution in [2.75, 3.05) is 0 Å². The van der Waals surface area contributed by atoms with Crippen LogP contribution in [0.15, 0.2) is 78.9 Å². The number of hydrogen-bond acceptors (Lipinski definition) is 2. The summed E-state index contributed by atoms with van der Waals surface area (Å²) in [7, 11) is 2.20. The highest BCUT2D eigenvalue weighted by Gasteiger charge is 2.31. The minimum absolute atomic E-state index is 0.623. The Kier molecular flexibility index (Phi) is 4.78. The van der Waals surface area contributed by atoms with Crippen molar-refractivity contribution in [1.82, 2.24) is 9.55 Å². The summed E-state index contributed by atoms with van der Waals surface area (Å²) >= 11 is 1.92. The van der Waals surface area contributed by atoms with Crippen molar-refractivity contribution >= 4 is 43.4 Å². The molecule has 2 aromatic heterocycles. The maximum absolute atomic E-state index is 5.16. The third-order valence-electron chi connectivity index (χ3n) is 7.73. The standard InChI is InChI=1S/C31H28N3S/c1-20-18-19-24-29(35-30(32-24)22-11-3-4-12-22)28(20)31-33(2)26-15-7-8-16-27(26)34(31)25-17-9-13-21-10-5-6-14-23(21)25/h5-10,13-19,22H,3-4,11-12H2,1-2H3/q+1. The Bertz CT molecular complexity index is 1730. The number of thiazole rings is 1. The number of fused-ring (bicyclic) bond motifs is 3. The number of hydrogen-bond donors (Lipinski definition) is 0. The molecule has 1 fully saturated rings. The zero-order valence-electron chi connectivity index (χ0n) is 20.2. The molecule has 0 bridgehead atoms. The number of imidazole rings is 1. The number of nitrogens with zero attached hydrogens (tertiary/aromatic N) is 3. The highest BCUT2D eigenvalue weighted by atomic mass is 32.1. The predicted octanol–water partition coefficient (Wildman–Crippen LogP) is 7.85. The summed E-state index contributed by atoms with van der Waals surface area (Å²) in [4.78, 5) is 5.16. The molecule has 0 radical (unpaired) electrons. The number of aromatic nitrogens is 3. The van der Waals surface area contributed by atoms with Gasteiger partial charge >= 0.3 is 0 Å². The Morgan fingerprint density at radius 2 is 1.66 bits per heavy atom. The third-order valence-corrected chi connectivity index (χ3v) is 8.98. The van der Waals surface area contributed by atoms with Crippen molar-refractivity contribution in [3.05, 3.63) is 89.4 Å². The molecule has 0 atom stereocenters. The number of para-hydroxylation sites is 2. The maximum atomic E-state index is 5.16. The molecule has 2 heterocycles. The first kappa shape index (κ1) is 20.8. The second-order valence-corrected chi connectivity index (χ2v) is 10.9. The lowest BCUT2D eigenvalue weighted by Gasteiger charge is -2.09. The van der Waals surface area contributed by atoms with E-state index in [1.807, 2.05) is 11.3 Å². The van der Waals surface area contributed by atoms with Gasteiger partial charge in [0.25, 0.3) is 5.82 Å². The van der Waals surface area contributed by atoms with Crippen LogP contribution in [0.1, 0.15) is 42.2 Å². The molecule has 35 heavy (non-hydrogen) atoms. The van der Waals surface area contributed by atoms with Crippen molar-refractivity contribution in [2.24, 2.45) is 7.05 Å². The van der Waals surface area contributed by atoms with Crippen molar-refractivity contribution < 1.29 is 4.57 Å². The Morgan fingerprint density at radius 1 is 0.886 bits per heavy atom. The van der Waals surface area contributed by atoms with E-state index in [-0.39, 0.29) is 0 Å². The van der Waals surface area contributed by atoms with Gasteiger partial charge in [0.2, 0.25) is 0 Å². The van der Waals surface area contributed by atoms with Gasteiger partial charge in [0, 0.05) is 11.3 Å². The second kappa shape index (κ2) is 8.03. The summed E-state index contributed by atoms with van der Waals surface area (Å²) in [6.07, 6.45) is 5.21. The predicted molar refractivity (Wildman–Crippen MR) is 147 cm³/mol. The Hall–Kier alpha value is -3.50. The second-order valence-electron chi connectivity index (χ2n) is 9.84. The lowest BCUT2D eigenvalue weighted by Crippen LogP contribution is -2.30. The van der Waals surface area contributed by atoms with E-state index in [0.717, 1.165) is 5.52 Å². The van der Waals surface area contributed by atoms with Crippen LogP contribution in [0.5, 0.6) is 0 Å². The topological polar surface area (TPSA) is 21.7 Å². The van der Waals surface area contributed by atoms with Gasteiger partial charge in [-0.05, 0) is 55.0 Å². The van der Waals surface area contributed by atoms with E-state index in [1.54, 1.807) is 0 Å². The normalized spacial score (nSPS) is 14.6. The molecule has 0 N–H and O–H groups in total. The average molecular weight is 475 g/mol. The molecule has 3 nitrogen and oxygen atoms in total. The molecule has 4 aromatic carbocycles. The van der Waals surface area contributed by atoms with E-state index in [0.29, 0.717) is 5.92 Å². The summed E-state index contributed by atoms with van der Waals surface area (Å²) < 4.78 is 6.15. The first-order chi connectivity index (χ1) is 17.2. The van der Waals surface area contributed by atoms with Crippen LogP contribution in [0.2, 0.25) is 0 Å². The van der Waals surface area contributed by atoms with Crippen LogP contribution < -0.4 is 4.57 Å². The van der Waals surface area contributed by atoms with E-state index >= 15 is 0 Å². The number of rotatable bonds is 3. The third kappa shape index (κ3) is 3.16. The fraction of sp³-hybridized carbons (Fsp3) is 0.226. The zero-order valence-corrected chi connectivity index (χ0v) is 21.0. The van der Waals surface area contributed by atoms with E-state index in [4.69, 9.17) is 4.98 Å². The molecular weight excluding hydrogens is 446 g/mol. The summed E-state index contributed by atoms with van der Waals surface area (Å²) in [5, 5.41) is 3.84. The van der Waals surface area contributed by atoms with Crippen LogP contribution in [0, 0.1) is 6.92 Å². The molecule has 0 amide bonds.